The summed E-state index contributed by atoms with van der Waals surface area (Å²) >= 11 is 0. The summed E-state index contributed by atoms with van der Waals surface area (Å²) in [6.45, 7) is 4.47. The van der Waals surface area contributed by atoms with Crippen molar-refractivity contribution in [2.45, 2.75) is 69.9 Å². The molecule has 5 aliphatic rings. The number of anilines is 2. The van der Waals surface area contributed by atoms with Crippen molar-refractivity contribution in [2.24, 2.45) is 16.9 Å². The summed E-state index contributed by atoms with van der Waals surface area (Å²) in [7, 11) is 1.53. The van der Waals surface area contributed by atoms with Crippen molar-refractivity contribution in [1.82, 2.24) is 19.4 Å². The number of hydrogen-bond acceptors (Lipinski definition) is 10. The molecule has 1 unspecified atom stereocenters. The number of rotatable bonds is 10. The number of carbonyl (C=O) groups excluding carboxylic acids is 3. The van der Waals surface area contributed by atoms with Gasteiger partial charge in [0.15, 0.2) is 11.8 Å². The molecule has 5 heterocycles. The Morgan fingerprint density at radius 2 is 1.81 bits per heavy atom. The van der Waals surface area contributed by atoms with Gasteiger partial charge in [0.25, 0.3) is 11.5 Å². The van der Waals surface area contributed by atoms with Crippen LogP contribution >= 0.6 is 0 Å². The third-order valence-corrected chi connectivity index (χ3v) is 12.2. The molecule has 2 saturated carbocycles. The quantitative estimate of drug-likeness (QED) is 0.182. The second-order valence-electron chi connectivity index (χ2n) is 15.9. The lowest BCUT2D eigenvalue weighted by Crippen LogP contribution is -2.47. The largest absolute Gasteiger partial charge is 0.496 e. The van der Waals surface area contributed by atoms with Gasteiger partial charge in [0.2, 0.25) is 18.0 Å². The number of nitrogens with zero attached hydrogens (tertiary/aromatic N) is 6. The second kappa shape index (κ2) is 15.3. The lowest BCUT2D eigenvalue weighted by molar-refractivity contribution is -0.424. The van der Waals surface area contributed by atoms with Crippen molar-refractivity contribution < 1.29 is 28.2 Å². The van der Waals surface area contributed by atoms with Gasteiger partial charge in [-0.3, -0.25) is 34.0 Å². The Hall–Kier alpha value is -5.83. The summed E-state index contributed by atoms with van der Waals surface area (Å²) in [6, 6.07) is 12.1. The minimum atomic E-state index is -0.766. The molecule has 296 valence electrons. The Labute approximate surface area is 327 Å². The normalized spacial score (nSPS) is 23.2. The summed E-state index contributed by atoms with van der Waals surface area (Å²) in [6.07, 6.45) is 14.0. The number of para-hydroxylation sites is 1. The first kappa shape index (κ1) is 36.8. The van der Waals surface area contributed by atoms with E-state index in [4.69, 9.17) is 14.3 Å². The number of imide groups is 1. The van der Waals surface area contributed by atoms with Gasteiger partial charge in [0.05, 0.1) is 29.1 Å². The van der Waals surface area contributed by atoms with Gasteiger partial charge in [-0.1, -0.05) is 10.8 Å². The molecule has 4 fully saturated rings. The molecule has 2 N–H and O–H groups in total. The van der Waals surface area contributed by atoms with Crippen LogP contribution in [0.3, 0.4) is 0 Å². The SMILES string of the molecule is COc1cc2c(cc1C(=O)Nc1cccn(C3CC3)c1=O)=C/[N+](=C/C1CCC(CCN3CCN(c4cccc5c4oc(=O)n5C4CCC(=O)NC4=O)CC3)CC1)N=2. The van der Waals surface area contributed by atoms with E-state index in [2.05, 4.69) is 26.6 Å². The number of amides is 3. The maximum Gasteiger partial charge on any atom is 0.420 e. The zero-order chi connectivity index (χ0) is 39.2. The fourth-order valence-corrected chi connectivity index (χ4v) is 8.86. The molecule has 2 saturated heterocycles. The molecule has 15 nitrogen and oxygen atoms in total. The van der Waals surface area contributed by atoms with E-state index in [-0.39, 0.29) is 36.0 Å². The van der Waals surface area contributed by atoms with Gasteiger partial charge >= 0.3 is 5.76 Å². The zero-order valence-electron chi connectivity index (χ0n) is 32.0. The maximum absolute atomic E-state index is 13.4. The summed E-state index contributed by atoms with van der Waals surface area (Å²) < 4.78 is 16.3. The number of fused-ring (bicyclic) bond motifs is 2. The number of pyridine rings is 1. The van der Waals surface area contributed by atoms with Crippen LogP contribution in [0.1, 0.15) is 80.2 Å². The highest BCUT2D eigenvalue weighted by Gasteiger charge is 2.33. The highest BCUT2D eigenvalue weighted by atomic mass is 16.5. The summed E-state index contributed by atoms with van der Waals surface area (Å²) in [4.78, 5) is 68.2. The van der Waals surface area contributed by atoms with E-state index in [0.29, 0.717) is 34.2 Å². The number of benzene rings is 2. The molecule has 2 aliphatic carbocycles. The number of aromatic nitrogens is 2. The molecule has 0 bridgehead atoms. The van der Waals surface area contributed by atoms with Gasteiger partial charge in [0, 0.05) is 61.9 Å². The van der Waals surface area contributed by atoms with Crippen LogP contribution in [0.4, 0.5) is 11.4 Å². The van der Waals surface area contributed by atoms with E-state index in [1.54, 1.807) is 41.1 Å². The molecule has 2 aromatic heterocycles. The van der Waals surface area contributed by atoms with Crippen molar-refractivity contribution in [1.29, 1.82) is 0 Å². The number of hydrogen-bond donors (Lipinski definition) is 2. The molecular formula is C42H47N8O7+. The number of nitrogens with one attached hydrogen (secondary N) is 2. The summed E-state index contributed by atoms with van der Waals surface area (Å²) in [5, 5.41) is 11.5. The monoisotopic (exact) mass is 775 g/mol. The van der Waals surface area contributed by atoms with Gasteiger partial charge in [0.1, 0.15) is 22.8 Å². The highest BCUT2D eigenvalue weighted by molar-refractivity contribution is 6.06. The van der Waals surface area contributed by atoms with Gasteiger partial charge in [-0.15, -0.1) is 0 Å². The predicted molar refractivity (Wildman–Crippen MR) is 212 cm³/mol. The average molecular weight is 776 g/mol. The number of carbonyl (C=O) groups is 3. The van der Waals surface area contributed by atoms with E-state index in [9.17, 15) is 24.0 Å². The Morgan fingerprint density at radius 1 is 1.00 bits per heavy atom. The van der Waals surface area contributed by atoms with Crippen LogP contribution in [-0.2, 0) is 9.59 Å². The van der Waals surface area contributed by atoms with Crippen LogP contribution in [-0.4, -0.2) is 82.5 Å². The lowest BCUT2D eigenvalue weighted by Gasteiger charge is -2.37. The van der Waals surface area contributed by atoms with Crippen molar-refractivity contribution >= 4 is 52.6 Å². The van der Waals surface area contributed by atoms with E-state index >= 15 is 0 Å². The molecule has 2 aromatic carbocycles. The van der Waals surface area contributed by atoms with E-state index in [1.165, 1.54) is 11.7 Å². The van der Waals surface area contributed by atoms with Crippen LogP contribution in [0, 0.1) is 11.8 Å². The smallest absolute Gasteiger partial charge is 0.420 e. The van der Waals surface area contributed by atoms with Crippen LogP contribution in [0.2, 0.25) is 0 Å². The number of methoxy groups -OCH3 is 1. The van der Waals surface area contributed by atoms with Crippen molar-refractivity contribution in [2.75, 3.05) is 50.1 Å². The van der Waals surface area contributed by atoms with Crippen LogP contribution in [0.25, 0.3) is 17.3 Å². The van der Waals surface area contributed by atoms with Gasteiger partial charge in [-0.05, 0) is 94.2 Å². The molecule has 3 aliphatic heterocycles. The topological polar surface area (TPSA) is 163 Å². The molecule has 0 spiro atoms. The van der Waals surface area contributed by atoms with Gasteiger partial charge in [-0.2, -0.15) is 0 Å². The second-order valence-corrected chi connectivity index (χ2v) is 15.9. The molecule has 3 amide bonds. The molecular weight excluding hydrogens is 729 g/mol. The van der Waals surface area contributed by atoms with Gasteiger partial charge < -0.3 is 23.9 Å². The molecule has 1 atom stereocenters. The number of oxazole rings is 1. The fraction of sp³-hybridized carbons (Fsp3) is 0.452. The predicted octanol–water partition coefficient (Wildman–Crippen LogP) is 2.72. The van der Waals surface area contributed by atoms with Crippen molar-refractivity contribution in [3.63, 3.8) is 0 Å². The summed E-state index contributed by atoms with van der Waals surface area (Å²) in [5.74, 6) is -0.304. The Morgan fingerprint density at radius 3 is 2.56 bits per heavy atom. The minimum Gasteiger partial charge on any atom is -0.496 e. The Bertz CT molecular complexity index is 2530. The van der Waals surface area contributed by atoms with E-state index in [1.807, 2.05) is 23.0 Å². The third kappa shape index (κ3) is 7.43. The van der Waals surface area contributed by atoms with Crippen LogP contribution in [0.5, 0.6) is 5.75 Å². The van der Waals surface area contributed by atoms with Crippen molar-refractivity contribution in [3.8, 4) is 5.75 Å². The fourth-order valence-electron chi connectivity index (χ4n) is 8.86. The number of piperazine rings is 1. The first-order valence-corrected chi connectivity index (χ1v) is 20.1. The van der Waals surface area contributed by atoms with E-state index < -0.39 is 23.6 Å². The summed E-state index contributed by atoms with van der Waals surface area (Å²) in [5.41, 5.74) is 2.30. The Kier molecular flexibility index (Phi) is 9.85. The molecule has 0 radical (unpaired) electrons. The van der Waals surface area contributed by atoms with E-state index in [0.717, 1.165) is 93.9 Å². The standard InChI is InChI=1S/C42H46N8O7/c1-56-36-23-32-28(22-30(36)39(52)43-31-4-3-16-49(41(31)54)29-11-12-29)25-48(45-32)24-27-9-7-26(8-10-27)15-17-46-18-20-47(21-19-46)33-5-2-6-34-38(33)57-42(55)50(34)35-13-14-37(51)44-40(35)53/h2-6,16,22-27,29,35H,7-15,17-21H2,1H3,(H-,43,44,51,52,53)/p+1/b48-24-. The third-order valence-electron chi connectivity index (χ3n) is 12.2. The van der Waals surface area contributed by atoms with Crippen LogP contribution < -0.4 is 42.2 Å². The minimum absolute atomic E-state index is 0.185. The molecule has 4 aromatic rings. The maximum atomic E-state index is 13.4. The highest BCUT2D eigenvalue weighted by Crippen LogP contribution is 2.34. The van der Waals surface area contributed by atoms with Crippen LogP contribution in [0.15, 0.2) is 67.8 Å². The molecule has 9 rings (SSSR count). The molecule has 15 heteroatoms. The first-order valence-electron chi connectivity index (χ1n) is 20.1. The zero-order valence-corrected chi connectivity index (χ0v) is 32.0. The number of ether oxygens (including phenoxy) is 1. The molecule has 57 heavy (non-hydrogen) atoms. The van der Waals surface area contributed by atoms with Gasteiger partial charge in [-0.25, -0.2) is 4.79 Å². The number of piperidine rings is 1. The van der Waals surface area contributed by atoms with Crippen molar-refractivity contribution in [3.05, 3.63) is 85.7 Å². The first-order chi connectivity index (χ1) is 27.7. The average Bonchev–Trinajstić information content (AvgIpc) is 3.90. The lowest BCUT2D eigenvalue weighted by atomic mass is 9.81. The Balaban J connectivity index is 0.772.